The molecule has 3 heterocycles. The Morgan fingerprint density at radius 2 is 1.76 bits per heavy atom. The van der Waals surface area contributed by atoms with Crippen molar-refractivity contribution in [2.45, 2.75) is 79.2 Å². The maximum Gasteiger partial charge on any atom is 0.0566 e. The summed E-state index contributed by atoms with van der Waals surface area (Å²) in [6.07, 6.45) is 21.1. The lowest BCUT2D eigenvalue weighted by atomic mass is 9.82. The van der Waals surface area contributed by atoms with E-state index in [1.54, 1.807) is 11.1 Å². The standard InChI is InChI=1S/C26H37N3.2C2H6/c1-4-8-21-13-16-29(19-20(21)5-2)23-10-11-24-25(18-27-26(24)17-23)22-9-6-7-14-28(3)15-12-22;2*1-2/h4-5,8,10-11,18,22,26-27H,2,6-7,9,12-17,19H2,1,3H3;2*1-2H3/b8-4-;;. The number of nitrogens with one attached hydrogen (secondary N) is 1. The molecule has 1 N–H and O–H groups in total. The summed E-state index contributed by atoms with van der Waals surface area (Å²) in [5.74, 6) is 0.713. The van der Waals surface area contributed by atoms with Crippen LogP contribution in [0.5, 0.6) is 0 Å². The topological polar surface area (TPSA) is 18.5 Å². The average Bonchev–Trinajstić information content (AvgIpc) is 3.28. The van der Waals surface area contributed by atoms with Crippen LogP contribution in [-0.2, 0) is 0 Å². The quantitative estimate of drug-likeness (QED) is 0.496. The molecule has 4 aliphatic rings. The van der Waals surface area contributed by atoms with E-state index in [-0.39, 0.29) is 0 Å². The fraction of sp³-hybridized carbons (Fsp3) is 0.600. The predicted octanol–water partition coefficient (Wildman–Crippen LogP) is 6.99. The zero-order chi connectivity index (χ0) is 24.2. The maximum absolute atomic E-state index is 4.06. The molecule has 1 saturated heterocycles. The second-order valence-electron chi connectivity index (χ2n) is 9.01. The molecule has 0 aromatic heterocycles. The van der Waals surface area contributed by atoms with Crippen molar-refractivity contribution < 1.29 is 0 Å². The molecule has 0 saturated carbocycles. The second-order valence-corrected chi connectivity index (χ2v) is 9.01. The first-order chi connectivity index (χ1) is 16.2. The summed E-state index contributed by atoms with van der Waals surface area (Å²) in [4.78, 5) is 5.06. The van der Waals surface area contributed by atoms with Crippen LogP contribution in [0.15, 0.2) is 71.1 Å². The fourth-order valence-corrected chi connectivity index (χ4v) is 5.35. The zero-order valence-corrected chi connectivity index (χ0v) is 22.3. The molecule has 1 fully saturated rings. The summed E-state index contributed by atoms with van der Waals surface area (Å²) in [6, 6.07) is 0.460. The number of allylic oxidation sites excluding steroid dienone is 4. The van der Waals surface area contributed by atoms with Crippen molar-refractivity contribution in [2.75, 3.05) is 33.2 Å². The van der Waals surface area contributed by atoms with Crippen molar-refractivity contribution in [2.24, 2.45) is 5.92 Å². The van der Waals surface area contributed by atoms with E-state index in [1.165, 1.54) is 55.6 Å². The third kappa shape index (κ3) is 6.99. The largest absolute Gasteiger partial charge is 0.383 e. The van der Waals surface area contributed by atoms with Gasteiger partial charge in [0.25, 0.3) is 0 Å². The second kappa shape index (κ2) is 14.3. The minimum Gasteiger partial charge on any atom is -0.383 e. The molecule has 0 aromatic carbocycles. The first-order valence-corrected chi connectivity index (χ1v) is 13.5. The van der Waals surface area contributed by atoms with Gasteiger partial charge in [-0.25, -0.2) is 0 Å². The Morgan fingerprint density at radius 3 is 2.48 bits per heavy atom. The van der Waals surface area contributed by atoms with Crippen molar-refractivity contribution in [3.63, 3.8) is 0 Å². The molecule has 0 spiro atoms. The molecule has 33 heavy (non-hydrogen) atoms. The van der Waals surface area contributed by atoms with Crippen LogP contribution in [0, 0.1) is 5.92 Å². The molecule has 0 bridgehead atoms. The molecule has 3 heteroatoms. The van der Waals surface area contributed by atoms with E-state index in [2.05, 4.69) is 66.2 Å². The third-order valence-electron chi connectivity index (χ3n) is 7.10. The Bertz CT molecular complexity index is 780. The van der Waals surface area contributed by atoms with E-state index in [9.17, 15) is 0 Å². The normalized spacial score (nSPS) is 25.8. The van der Waals surface area contributed by atoms with Gasteiger partial charge < -0.3 is 15.1 Å². The van der Waals surface area contributed by atoms with Gasteiger partial charge in [-0.15, -0.1) is 0 Å². The Balaban J connectivity index is 0.000000914. The van der Waals surface area contributed by atoms with Crippen molar-refractivity contribution in [1.82, 2.24) is 15.1 Å². The van der Waals surface area contributed by atoms with Gasteiger partial charge in [0.05, 0.1) is 6.04 Å². The average molecular weight is 452 g/mol. The van der Waals surface area contributed by atoms with Gasteiger partial charge in [-0.3, -0.25) is 0 Å². The highest BCUT2D eigenvalue weighted by molar-refractivity contribution is 5.48. The van der Waals surface area contributed by atoms with Crippen LogP contribution in [0.3, 0.4) is 0 Å². The van der Waals surface area contributed by atoms with Crippen molar-refractivity contribution in [3.8, 4) is 0 Å². The number of hydrogen-bond acceptors (Lipinski definition) is 3. The van der Waals surface area contributed by atoms with Gasteiger partial charge in [0.1, 0.15) is 0 Å². The van der Waals surface area contributed by atoms with E-state index in [4.69, 9.17) is 0 Å². The molecule has 4 rings (SSSR count). The molecule has 3 aliphatic heterocycles. The lowest BCUT2D eigenvalue weighted by molar-refractivity contribution is 0.272. The van der Waals surface area contributed by atoms with Crippen LogP contribution >= 0.6 is 0 Å². The molecule has 2 unspecified atom stereocenters. The summed E-state index contributed by atoms with van der Waals surface area (Å²) in [6.45, 7) is 18.7. The Hall–Kier alpha value is -2.00. The SMILES string of the molecule is C=CC1=C(/C=C\C)CCN(C2=CC=C3C(C4CCCCN(C)CC4)=CNC3C2)C1.CC.CC. The summed E-state index contributed by atoms with van der Waals surface area (Å²) < 4.78 is 0. The van der Waals surface area contributed by atoms with Gasteiger partial charge in [0.2, 0.25) is 0 Å². The summed E-state index contributed by atoms with van der Waals surface area (Å²) in [5.41, 5.74) is 7.43. The number of hydrogen-bond donors (Lipinski definition) is 1. The molecule has 0 radical (unpaired) electrons. The third-order valence-corrected chi connectivity index (χ3v) is 7.10. The van der Waals surface area contributed by atoms with E-state index in [0.29, 0.717) is 12.0 Å². The molecule has 1 aliphatic carbocycles. The molecule has 184 valence electrons. The lowest BCUT2D eigenvalue weighted by Gasteiger charge is -2.36. The minimum atomic E-state index is 0.460. The van der Waals surface area contributed by atoms with Gasteiger partial charge in [0.15, 0.2) is 0 Å². The molecular formula is C30H49N3. The number of likely N-dealkylation sites (tertiary alicyclic amines) is 1. The van der Waals surface area contributed by atoms with E-state index in [1.807, 2.05) is 33.8 Å². The van der Waals surface area contributed by atoms with Crippen molar-refractivity contribution >= 4 is 0 Å². The lowest BCUT2D eigenvalue weighted by Crippen LogP contribution is -2.35. The van der Waals surface area contributed by atoms with Crippen LogP contribution < -0.4 is 5.32 Å². The van der Waals surface area contributed by atoms with Crippen LogP contribution in [0.25, 0.3) is 0 Å². The van der Waals surface area contributed by atoms with Gasteiger partial charge in [-0.2, -0.15) is 0 Å². The van der Waals surface area contributed by atoms with E-state index >= 15 is 0 Å². The van der Waals surface area contributed by atoms with Crippen LogP contribution in [-0.4, -0.2) is 49.1 Å². The smallest absolute Gasteiger partial charge is 0.0566 e. The highest BCUT2D eigenvalue weighted by Crippen LogP contribution is 2.38. The predicted molar refractivity (Wildman–Crippen MR) is 146 cm³/mol. The van der Waals surface area contributed by atoms with Gasteiger partial charge in [0, 0.05) is 31.4 Å². The number of rotatable bonds is 4. The van der Waals surface area contributed by atoms with Crippen molar-refractivity contribution in [3.05, 3.63) is 71.1 Å². The number of nitrogens with zero attached hydrogens (tertiary/aromatic N) is 2. The van der Waals surface area contributed by atoms with Crippen molar-refractivity contribution in [1.29, 1.82) is 0 Å². The highest BCUT2D eigenvalue weighted by Gasteiger charge is 2.32. The zero-order valence-electron chi connectivity index (χ0n) is 22.3. The maximum atomic E-state index is 4.06. The van der Waals surface area contributed by atoms with Gasteiger partial charge in [-0.05, 0) is 87.0 Å². The minimum absolute atomic E-state index is 0.460. The van der Waals surface area contributed by atoms with Crippen LogP contribution in [0.2, 0.25) is 0 Å². The highest BCUT2D eigenvalue weighted by atomic mass is 15.1. The first kappa shape index (κ1) is 27.2. The van der Waals surface area contributed by atoms with Gasteiger partial charge >= 0.3 is 0 Å². The molecular weight excluding hydrogens is 402 g/mol. The van der Waals surface area contributed by atoms with E-state index in [0.717, 1.165) is 25.9 Å². The fourth-order valence-electron chi connectivity index (χ4n) is 5.35. The Morgan fingerprint density at radius 1 is 0.970 bits per heavy atom. The Labute approximate surface area is 204 Å². The molecule has 0 amide bonds. The number of fused-ring (bicyclic) bond motifs is 1. The molecule has 0 aromatic rings. The van der Waals surface area contributed by atoms with Crippen LogP contribution in [0.1, 0.15) is 73.1 Å². The Kier molecular flexibility index (Phi) is 11.8. The summed E-state index contributed by atoms with van der Waals surface area (Å²) >= 11 is 0. The van der Waals surface area contributed by atoms with E-state index < -0.39 is 0 Å². The molecule has 2 atom stereocenters. The first-order valence-electron chi connectivity index (χ1n) is 13.5. The van der Waals surface area contributed by atoms with Gasteiger partial charge in [-0.1, -0.05) is 65.0 Å². The monoisotopic (exact) mass is 451 g/mol. The summed E-state index contributed by atoms with van der Waals surface area (Å²) in [5, 5.41) is 3.72. The summed E-state index contributed by atoms with van der Waals surface area (Å²) in [7, 11) is 2.27. The van der Waals surface area contributed by atoms with Crippen LogP contribution in [0.4, 0.5) is 0 Å². The molecule has 3 nitrogen and oxygen atoms in total.